The van der Waals surface area contributed by atoms with Crippen molar-refractivity contribution in [3.8, 4) is 0 Å². The van der Waals surface area contributed by atoms with Gasteiger partial charge >= 0.3 is 6.03 Å². The Morgan fingerprint density at radius 2 is 2.53 bits per heavy atom. The fraction of sp³-hybridized carbons (Fsp3) is 0.583. The molecule has 2 amide bonds. The quantitative estimate of drug-likeness (QED) is 0.850. The molecule has 5 nitrogen and oxygen atoms in total. The fourth-order valence-electron chi connectivity index (χ4n) is 1.74. The van der Waals surface area contributed by atoms with E-state index in [0.29, 0.717) is 13.2 Å². The molecule has 1 aromatic heterocycles. The number of nitrogens with zero attached hydrogens (tertiary/aromatic N) is 1. The normalized spacial score (nSPS) is 19.2. The van der Waals surface area contributed by atoms with E-state index in [4.69, 9.17) is 9.57 Å². The molecule has 1 aliphatic rings. The molecule has 106 valence electrons. The van der Waals surface area contributed by atoms with Crippen molar-refractivity contribution in [3.05, 3.63) is 20.8 Å². The molecule has 1 saturated heterocycles. The maximum atomic E-state index is 11.8. The Hall–Kier alpha value is -0.630. The van der Waals surface area contributed by atoms with Gasteiger partial charge in [-0.15, -0.1) is 11.3 Å². The highest BCUT2D eigenvalue weighted by Crippen LogP contribution is 2.20. The number of hydroxylamine groups is 1. The van der Waals surface area contributed by atoms with Crippen molar-refractivity contribution in [1.82, 2.24) is 10.4 Å². The van der Waals surface area contributed by atoms with Crippen LogP contribution in [0.2, 0.25) is 0 Å². The number of carbonyl (C=O) groups excluding carboxylic acids is 1. The van der Waals surface area contributed by atoms with Gasteiger partial charge in [-0.25, -0.2) is 15.1 Å². The van der Waals surface area contributed by atoms with E-state index in [2.05, 4.69) is 21.4 Å². The Morgan fingerprint density at radius 1 is 1.68 bits per heavy atom. The van der Waals surface area contributed by atoms with E-state index in [1.165, 1.54) is 0 Å². The molecule has 19 heavy (non-hydrogen) atoms. The summed E-state index contributed by atoms with van der Waals surface area (Å²) in [5.74, 6) is 0. The number of urea groups is 1. The van der Waals surface area contributed by atoms with Gasteiger partial charge in [-0.2, -0.15) is 0 Å². The monoisotopic (exact) mass is 348 g/mol. The second kappa shape index (κ2) is 7.23. The van der Waals surface area contributed by atoms with Crippen LogP contribution in [0.25, 0.3) is 0 Å². The molecule has 0 saturated carbocycles. The Balaban J connectivity index is 1.72. The van der Waals surface area contributed by atoms with Crippen LogP contribution in [-0.4, -0.2) is 30.9 Å². The number of carbonyl (C=O) groups is 1. The van der Waals surface area contributed by atoms with E-state index in [9.17, 15) is 4.79 Å². The van der Waals surface area contributed by atoms with Crippen LogP contribution in [0.3, 0.4) is 0 Å². The lowest BCUT2D eigenvalue weighted by atomic mass is 10.2. The highest BCUT2D eigenvalue weighted by molar-refractivity contribution is 9.10. The van der Waals surface area contributed by atoms with Gasteiger partial charge in [0.15, 0.2) is 6.29 Å². The molecule has 2 rings (SSSR count). The van der Waals surface area contributed by atoms with E-state index in [-0.39, 0.29) is 12.3 Å². The predicted octanol–water partition coefficient (Wildman–Crippen LogP) is 3.11. The van der Waals surface area contributed by atoms with Crippen LogP contribution in [0.4, 0.5) is 4.79 Å². The van der Waals surface area contributed by atoms with Gasteiger partial charge in [0.05, 0.1) is 6.54 Å². The first-order chi connectivity index (χ1) is 9.15. The van der Waals surface area contributed by atoms with Gasteiger partial charge in [0, 0.05) is 34.8 Å². The van der Waals surface area contributed by atoms with Gasteiger partial charge in [-0.05, 0) is 34.8 Å². The molecule has 1 aliphatic heterocycles. The van der Waals surface area contributed by atoms with Crippen LogP contribution in [0.5, 0.6) is 0 Å². The first kappa shape index (κ1) is 14.8. The molecule has 7 heteroatoms. The van der Waals surface area contributed by atoms with Crippen molar-refractivity contribution in [2.75, 3.05) is 13.7 Å². The highest BCUT2D eigenvalue weighted by Gasteiger charge is 2.17. The van der Waals surface area contributed by atoms with Crippen LogP contribution >= 0.6 is 27.3 Å². The zero-order valence-corrected chi connectivity index (χ0v) is 13.1. The van der Waals surface area contributed by atoms with Crippen molar-refractivity contribution in [2.24, 2.45) is 0 Å². The second-order valence-electron chi connectivity index (χ2n) is 4.41. The van der Waals surface area contributed by atoms with Crippen molar-refractivity contribution in [3.63, 3.8) is 0 Å². The summed E-state index contributed by atoms with van der Waals surface area (Å²) in [6.07, 6.45) is 2.63. The van der Waals surface area contributed by atoms with Crippen molar-refractivity contribution >= 4 is 33.3 Å². The SMILES string of the molecule is CN(Cc1cc(Br)cs1)C(=O)NOC1CCCCO1. The molecule has 0 bridgehead atoms. The number of nitrogens with one attached hydrogen (secondary N) is 1. The molecular weight excluding hydrogens is 332 g/mol. The summed E-state index contributed by atoms with van der Waals surface area (Å²) in [4.78, 5) is 19.7. The molecule has 2 heterocycles. The maximum absolute atomic E-state index is 11.8. The lowest BCUT2D eigenvalue weighted by molar-refractivity contribution is -0.187. The van der Waals surface area contributed by atoms with Crippen molar-refractivity contribution < 1.29 is 14.4 Å². The predicted molar refractivity (Wildman–Crippen MR) is 76.7 cm³/mol. The van der Waals surface area contributed by atoms with E-state index >= 15 is 0 Å². The van der Waals surface area contributed by atoms with E-state index in [0.717, 1.165) is 28.6 Å². The Morgan fingerprint density at radius 3 is 3.16 bits per heavy atom. The standard InChI is InChI=1S/C12H17BrN2O3S/c1-15(7-10-6-9(13)8-19-10)12(16)14-18-11-4-2-3-5-17-11/h6,8,11H,2-5,7H2,1H3,(H,14,16). The molecule has 0 spiro atoms. The average molecular weight is 349 g/mol. The molecule has 0 aromatic carbocycles. The molecule has 1 atom stereocenters. The number of hydrogen-bond acceptors (Lipinski definition) is 4. The van der Waals surface area contributed by atoms with Gasteiger partial charge < -0.3 is 9.64 Å². The fourth-order valence-corrected chi connectivity index (χ4v) is 3.24. The minimum Gasteiger partial charge on any atom is -0.350 e. The third-order valence-electron chi connectivity index (χ3n) is 2.78. The minimum absolute atomic E-state index is 0.265. The summed E-state index contributed by atoms with van der Waals surface area (Å²) in [5.41, 5.74) is 2.43. The molecule has 1 unspecified atom stereocenters. The zero-order valence-electron chi connectivity index (χ0n) is 10.7. The van der Waals surface area contributed by atoms with E-state index in [1.807, 2.05) is 11.4 Å². The summed E-state index contributed by atoms with van der Waals surface area (Å²) in [6, 6.07) is 1.73. The number of ether oxygens (including phenoxy) is 1. The topological polar surface area (TPSA) is 50.8 Å². The number of rotatable bonds is 4. The second-order valence-corrected chi connectivity index (χ2v) is 6.32. The van der Waals surface area contributed by atoms with E-state index < -0.39 is 0 Å². The minimum atomic E-state index is -0.318. The third kappa shape index (κ3) is 4.76. The first-order valence-corrected chi connectivity index (χ1v) is 7.83. The van der Waals surface area contributed by atoms with Crippen LogP contribution in [0.1, 0.15) is 24.1 Å². The first-order valence-electron chi connectivity index (χ1n) is 6.16. The molecule has 1 aromatic rings. The van der Waals surface area contributed by atoms with Gasteiger partial charge in [0.25, 0.3) is 0 Å². The lowest BCUT2D eigenvalue weighted by Crippen LogP contribution is -2.40. The number of hydrogen-bond donors (Lipinski definition) is 1. The Labute approximate surface area is 125 Å². The van der Waals surface area contributed by atoms with Gasteiger partial charge in [-0.3, -0.25) is 0 Å². The molecule has 1 N–H and O–H groups in total. The van der Waals surface area contributed by atoms with Crippen LogP contribution in [0.15, 0.2) is 15.9 Å². The zero-order chi connectivity index (χ0) is 13.7. The van der Waals surface area contributed by atoms with Crippen LogP contribution < -0.4 is 5.48 Å². The molecule has 1 fully saturated rings. The Bertz CT molecular complexity index is 421. The largest absolute Gasteiger partial charge is 0.350 e. The summed E-state index contributed by atoms with van der Waals surface area (Å²) in [6.45, 7) is 1.25. The highest BCUT2D eigenvalue weighted by atomic mass is 79.9. The molecular formula is C12H17BrN2O3S. The van der Waals surface area contributed by atoms with E-state index in [1.54, 1.807) is 23.3 Å². The van der Waals surface area contributed by atoms with Gasteiger partial charge in [0.1, 0.15) is 0 Å². The van der Waals surface area contributed by atoms with Crippen LogP contribution in [0, 0.1) is 0 Å². The summed E-state index contributed by atoms with van der Waals surface area (Å²) < 4.78 is 6.41. The molecule has 0 aliphatic carbocycles. The summed E-state index contributed by atoms with van der Waals surface area (Å²) >= 11 is 5.00. The average Bonchev–Trinajstić information content (AvgIpc) is 2.82. The van der Waals surface area contributed by atoms with Crippen molar-refractivity contribution in [2.45, 2.75) is 32.1 Å². The maximum Gasteiger partial charge on any atom is 0.341 e. The smallest absolute Gasteiger partial charge is 0.341 e. The molecule has 0 radical (unpaired) electrons. The number of amides is 2. The summed E-state index contributed by atoms with van der Waals surface area (Å²) in [7, 11) is 1.73. The van der Waals surface area contributed by atoms with Crippen molar-refractivity contribution in [1.29, 1.82) is 0 Å². The number of halogens is 1. The lowest BCUT2D eigenvalue weighted by Gasteiger charge is -2.24. The third-order valence-corrected chi connectivity index (χ3v) is 4.46. The van der Waals surface area contributed by atoms with Gasteiger partial charge in [0.2, 0.25) is 0 Å². The van der Waals surface area contributed by atoms with Gasteiger partial charge in [-0.1, -0.05) is 0 Å². The van der Waals surface area contributed by atoms with Crippen LogP contribution in [-0.2, 0) is 16.1 Å². The Kier molecular flexibility index (Phi) is 5.62. The summed E-state index contributed by atoms with van der Waals surface area (Å²) in [5, 5.41) is 1.99. The number of thiophene rings is 1.